The number of amides is 1. The molecule has 0 aromatic heterocycles. The van der Waals surface area contributed by atoms with Gasteiger partial charge in [0.05, 0.1) is 0 Å². The molecule has 1 fully saturated rings. The molecule has 3 unspecified atom stereocenters. The van der Waals surface area contributed by atoms with Gasteiger partial charge < -0.3 is 10.6 Å². The maximum absolute atomic E-state index is 12.3. The van der Waals surface area contributed by atoms with Gasteiger partial charge in [0.15, 0.2) is 0 Å². The molecule has 1 amide bonds. The fourth-order valence-electron chi connectivity index (χ4n) is 2.88. The van der Waals surface area contributed by atoms with E-state index in [1.807, 2.05) is 26.0 Å². The highest BCUT2D eigenvalue weighted by molar-refractivity contribution is 5.94. The van der Waals surface area contributed by atoms with Crippen LogP contribution in [0.2, 0.25) is 0 Å². The second kappa shape index (κ2) is 5.74. The second-order valence-corrected chi connectivity index (χ2v) is 5.89. The summed E-state index contributed by atoms with van der Waals surface area (Å²) in [5, 5.41) is 6.65. The lowest BCUT2D eigenvalue weighted by atomic mass is 9.95. The Hall–Kier alpha value is -1.35. The average molecular weight is 260 g/mol. The van der Waals surface area contributed by atoms with Crippen LogP contribution in [0.25, 0.3) is 0 Å². The van der Waals surface area contributed by atoms with Crippen molar-refractivity contribution in [3.8, 4) is 0 Å². The van der Waals surface area contributed by atoms with Gasteiger partial charge in [0.25, 0.3) is 5.91 Å². The monoisotopic (exact) mass is 260 g/mol. The van der Waals surface area contributed by atoms with E-state index in [4.69, 9.17) is 0 Å². The second-order valence-electron chi connectivity index (χ2n) is 5.89. The predicted molar refractivity (Wildman–Crippen MR) is 78.5 cm³/mol. The quantitative estimate of drug-likeness (QED) is 0.858. The molecule has 2 rings (SSSR count). The Morgan fingerprint density at radius 2 is 1.79 bits per heavy atom. The van der Waals surface area contributed by atoms with E-state index in [2.05, 4.69) is 30.5 Å². The smallest absolute Gasteiger partial charge is 0.251 e. The van der Waals surface area contributed by atoms with E-state index in [0.29, 0.717) is 12.1 Å². The number of benzene rings is 1. The van der Waals surface area contributed by atoms with Gasteiger partial charge in [-0.3, -0.25) is 4.79 Å². The molecule has 3 heteroatoms. The molecule has 0 radical (unpaired) electrons. The van der Waals surface area contributed by atoms with Crippen molar-refractivity contribution in [2.75, 3.05) is 0 Å². The van der Waals surface area contributed by atoms with Crippen molar-refractivity contribution in [1.29, 1.82) is 0 Å². The Kier molecular flexibility index (Phi) is 4.25. The van der Waals surface area contributed by atoms with Gasteiger partial charge in [0.2, 0.25) is 0 Å². The van der Waals surface area contributed by atoms with Gasteiger partial charge in [-0.05, 0) is 52.7 Å². The molecule has 1 heterocycles. The molecular weight excluding hydrogens is 236 g/mol. The molecule has 1 aliphatic heterocycles. The van der Waals surface area contributed by atoms with Crippen molar-refractivity contribution in [2.45, 2.75) is 58.7 Å². The summed E-state index contributed by atoms with van der Waals surface area (Å²) in [5.74, 6) is 0.0417. The van der Waals surface area contributed by atoms with E-state index in [1.165, 1.54) is 0 Å². The molecule has 3 atom stereocenters. The van der Waals surface area contributed by atoms with Crippen LogP contribution in [0.4, 0.5) is 0 Å². The normalized spacial score (nSPS) is 27.1. The molecule has 3 nitrogen and oxygen atoms in total. The number of piperidine rings is 1. The van der Waals surface area contributed by atoms with Crippen LogP contribution < -0.4 is 10.6 Å². The Labute approximate surface area is 115 Å². The molecule has 0 spiro atoms. The molecule has 1 saturated heterocycles. The fraction of sp³-hybridized carbons (Fsp3) is 0.562. The number of rotatable bonds is 2. The Morgan fingerprint density at radius 1 is 1.16 bits per heavy atom. The summed E-state index contributed by atoms with van der Waals surface area (Å²) in [6, 6.07) is 7.09. The first-order valence-electron chi connectivity index (χ1n) is 7.11. The number of nitrogens with one attached hydrogen (secondary N) is 2. The van der Waals surface area contributed by atoms with E-state index < -0.39 is 0 Å². The zero-order valence-electron chi connectivity index (χ0n) is 12.3. The first kappa shape index (κ1) is 14.1. The maximum Gasteiger partial charge on any atom is 0.251 e. The summed E-state index contributed by atoms with van der Waals surface area (Å²) in [7, 11) is 0. The molecular formula is C16H24N2O. The molecule has 0 bridgehead atoms. The van der Waals surface area contributed by atoms with Crippen LogP contribution in [0.15, 0.2) is 18.2 Å². The van der Waals surface area contributed by atoms with Crippen LogP contribution >= 0.6 is 0 Å². The third-order valence-corrected chi connectivity index (χ3v) is 3.86. The van der Waals surface area contributed by atoms with Gasteiger partial charge in [-0.25, -0.2) is 0 Å². The number of carbonyl (C=O) groups excluding carboxylic acids is 1. The molecule has 0 aliphatic carbocycles. The minimum atomic E-state index is 0.0417. The molecule has 1 aromatic carbocycles. The molecule has 19 heavy (non-hydrogen) atoms. The molecule has 2 N–H and O–H groups in total. The third-order valence-electron chi connectivity index (χ3n) is 3.86. The zero-order valence-corrected chi connectivity index (χ0v) is 12.3. The van der Waals surface area contributed by atoms with Crippen molar-refractivity contribution < 1.29 is 4.79 Å². The molecule has 1 aromatic rings. The van der Waals surface area contributed by atoms with E-state index in [0.717, 1.165) is 29.5 Å². The Bertz CT molecular complexity index is 450. The Morgan fingerprint density at radius 3 is 2.37 bits per heavy atom. The highest BCUT2D eigenvalue weighted by atomic mass is 16.1. The van der Waals surface area contributed by atoms with Gasteiger partial charge in [-0.1, -0.05) is 17.2 Å². The summed E-state index contributed by atoms with van der Waals surface area (Å²) >= 11 is 0. The molecule has 104 valence electrons. The van der Waals surface area contributed by atoms with Crippen molar-refractivity contribution >= 4 is 5.91 Å². The largest absolute Gasteiger partial charge is 0.348 e. The van der Waals surface area contributed by atoms with Crippen LogP contribution in [0.5, 0.6) is 0 Å². The fourth-order valence-corrected chi connectivity index (χ4v) is 2.88. The minimum absolute atomic E-state index is 0.0417. The number of hydrogen-bond acceptors (Lipinski definition) is 2. The van der Waals surface area contributed by atoms with Gasteiger partial charge in [-0.2, -0.15) is 0 Å². The Balaban J connectivity index is 2.04. The standard InChI is InChI=1S/C16H24N2O/c1-10-7-11(2)9-14(8-10)16(19)18-15-6-5-12(3)17-13(15)4/h7-9,12-13,15,17H,5-6H2,1-4H3,(H,18,19). The molecule has 0 saturated carbocycles. The lowest BCUT2D eigenvalue weighted by Crippen LogP contribution is -2.54. The molecule has 1 aliphatic rings. The van der Waals surface area contributed by atoms with E-state index in [9.17, 15) is 4.79 Å². The SMILES string of the molecule is Cc1cc(C)cc(C(=O)NC2CCC(C)NC2C)c1. The maximum atomic E-state index is 12.3. The summed E-state index contributed by atoms with van der Waals surface area (Å²) < 4.78 is 0. The topological polar surface area (TPSA) is 41.1 Å². The summed E-state index contributed by atoms with van der Waals surface area (Å²) in [5.41, 5.74) is 3.03. The predicted octanol–water partition coefficient (Wildman–Crippen LogP) is 2.56. The van der Waals surface area contributed by atoms with Crippen LogP contribution in [-0.2, 0) is 0 Å². The third kappa shape index (κ3) is 3.57. The van der Waals surface area contributed by atoms with Crippen molar-refractivity contribution in [3.63, 3.8) is 0 Å². The number of aryl methyl sites for hydroxylation is 2. The van der Waals surface area contributed by atoms with Crippen molar-refractivity contribution in [1.82, 2.24) is 10.6 Å². The highest BCUT2D eigenvalue weighted by Gasteiger charge is 2.26. The number of carbonyl (C=O) groups is 1. The van der Waals surface area contributed by atoms with Crippen molar-refractivity contribution in [2.24, 2.45) is 0 Å². The first-order chi connectivity index (χ1) is 8.95. The minimum Gasteiger partial charge on any atom is -0.348 e. The highest BCUT2D eigenvalue weighted by Crippen LogP contribution is 2.15. The lowest BCUT2D eigenvalue weighted by molar-refractivity contribution is 0.0914. The van der Waals surface area contributed by atoms with Crippen LogP contribution in [0.1, 0.15) is 48.2 Å². The van der Waals surface area contributed by atoms with Gasteiger partial charge in [0, 0.05) is 23.7 Å². The lowest BCUT2D eigenvalue weighted by Gasteiger charge is -2.34. The van der Waals surface area contributed by atoms with Crippen LogP contribution in [0.3, 0.4) is 0 Å². The van der Waals surface area contributed by atoms with Gasteiger partial charge in [-0.15, -0.1) is 0 Å². The van der Waals surface area contributed by atoms with E-state index >= 15 is 0 Å². The van der Waals surface area contributed by atoms with E-state index in [-0.39, 0.29) is 11.9 Å². The summed E-state index contributed by atoms with van der Waals surface area (Å²) in [6.07, 6.45) is 2.16. The number of hydrogen-bond donors (Lipinski definition) is 2. The first-order valence-corrected chi connectivity index (χ1v) is 7.11. The van der Waals surface area contributed by atoms with Crippen molar-refractivity contribution in [3.05, 3.63) is 34.9 Å². The average Bonchev–Trinajstić information content (AvgIpc) is 2.31. The van der Waals surface area contributed by atoms with Gasteiger partial charge in [0.1, 0.15) is 0 Å². The summed E-state index contributed by atoms with van der Waals surface area (Å²) in [6.45, 7) is 8.38. The zero-order chi connectivity index (χ0) is 14.0. The summed E-state index contributed by atoms with van der Waals surface area (Å²) in [4.78, 5) is 12.3. The van der Waals surface area contributed by atoms with Crippen LogP contribution in [-0.4, -0.2) is 24.0 Å². The van der Waals surface area contributed by atoms with E-state index in [1.54, 1.807) is 0 Å². The van der Waals surface area contributed by atoms with Crippen LogP contribution in [0, 0.1) is 13.8 Å². The van der Waals surface area contributed by atoms with Gasteiger partial charge >= 0.3 is 0 Å².